The van der Waals surface area contributed by atoms with E-state index < -0.39 is 0 Å². The molecule has 0 amide bonds. The van der Waals surface area contributed by atoms with E-state index in [1.165, 1.54) is 56.4 Å². The molecule has 2 aliphatic rings. The Bertz CT molecular complexity index is 449. The van der Waals surface area contributed by atoms with E-state index in [0.717, 1.165) is 12.3 Å². The lowest BCUT2D eigenvalue weighted by Gasteiger charge is -2.23. The summed E-state index contributed by atoms with van der Waals surface area (Å²) in [6.07, 6.45) is 8.17. The number of nitrogens with one attached hydrogen (secondary N) is 1. The van der Waals surface area contributed by atoms with Crippen LogP contribution >= 0.6 is 0 Å². The smallest absolute Gasteiger partial charge is 0.0399 e. The Morgan fingerprint density at radius 2 is 2.10 bits per heavy atom. The minimum Gasteiger partial charge on any atom is -0.371 e. The van der Waals surface area contributed by atoms with Crippen LogP contribution < -0.4 is 10.2 Å². The van der Waals surface area contributed by atoms with Crippen LogP contribution in [0.3, 0.4) is 0 Å². The predicted octanol–water partition coefficient (Wildman–Crippen LogP) is 3.39. The van der Waals surface area contributed by atoms with E-state index >= 15 is 0 Å². The molecule has 1 unspecified atom stereocenters. The van der Waals surface area contributed by atoms with Crippen molar-refractivity contribution in [3.05, 3.63) is 29.3 Å². The lowest BCUT2D eigenvalue weighted by Crippen LogP contribution is -2.26. The maximum absolute atomic E-state index is 3.33. The molecule has 1 aliphatic heterocycles. The summed E-state index contributed by atoms with van der Waals surface area (Å²) in [6, 6.07) is 7.70. The van der Waals surface area contributed by atoms with Crippen molar-refractivity contribution in [1.82, 2.24) is 5.32 Å². The van der Waals surface area contributed by atoms with Gasteiger partial charge in [0, 0.05) is 24.8 Å². The number of hydrogen-bond donors (Lipinski definition) is 1. The third-order valence-corrected chi connectivity index (χ3v) is 5.12. The Morgan fingerprint density at radius 3 is 2.85 bits per heavy atom. The standard InChI is InChI=1S/C18H28N2/c1-14(19-2)11-16-7-8-18-17(12-16)9-10-20(18)13-15-5-3-4-6-15/h7-8,12,14-15,19H,3-6,9-11,13H2,1-2H3. The van der Waals surface area contributed by atoms with Crippen LogP contribution in [-0.2, 0) is 12.8 Å². The van der Waals surface area contributed by atoms with Gasteiger partial charge >= 0.3 is 0 Å². The zero-order chi connectivity index (χ0) is 13.9. The van der Waals surface area contributed by atoms with Crippen molar-refractivity contribution in [3.8, 4) is 0 Å². The first-order chi connectivity index (χ1) is 9.76. The Kier molecular flexibility index (Phi) is 4.30. The number of benzene rings is 1. The second-order valence-electron chi connectivity index (χ2n) is 6.70. The molecular formula is C18H28N2. The van der Waals surface area contributed by atoms with E-state index in [1.807, 2.05) is 7.05 Å². The molecule has 1 heterocycles. The minimum absolute atomic E-state index is 0.559. The molecule has 0 radical (unpaired) electrons. The lowest BCUT2D eigenvalue weighted by molar-refractivity contribution is 0.538. The maximum Gasteiger partial charge on any atom is 0.0399 e. The van der Waals surface area contributed by atoms with Gasteiger partial charge in [0.2, 0.25) is 0 Å². The first-order valence-electron chi connectivity index (χ1n) is 8.30. The van der Waals surface area contributed by atoms with E-state index in [9.17, 15) is 0 Å². The molecule has 1 aliphatic carbocycles. The van der Waals surface area contributed by atoms with E-state index in [-0.39, 0.29) is 0 Å². The van der Waals surface area contributed by atoms with E-state index in [2.05, 4.69) is 35.3 Å². The van der Waals surface area contributed by atoms with Crippen molar-refractivity contribution < 1.29 is 0 Å². The van der Waals surface area contributed by atoms with Crippen molar-refractivity contribution in [2.75, 3.05) is 25.0 Å². The zero-order valence-electron chi connectivity index (χ0n) is 13.0. The first kappa shape index (κ1) is 13.9. The van der Waals surface area contributed by atoms with Gasteiger partial charge < -0.3 is 10.2 Å². The monoisotopic (exact) mass is 272 g/mol. The van der Waals surface area contributed by atoms with Crippen molar-refractivity contribution >= 4 is 5.69 Å². The summed E-state index contributed by atoms with van der Waals surface area (Å²) in [4.78, 5) is 2.64. The van der Waals surface area contributed by atoms with Crippen LogP contribution in [0.4, 0.5) is 5.69 Å². The summed E-state index contributed by atoms with van der Waals surface area (Å²) in [5, 5.41) is 3.33. The molecule has 2 nitrogen and oxygen atoms in total. The third-order valence-electron chi connectivity index (χ3n) is 5.12. The molecule has 110 valence electrons. The van der Waals surface area contributed by atoms with Crippen LogP contribution in [-0.4, -0.2) is 26.2 Å². The molecule has 1 fully saturated rings. The number of rotatable bonds is 5. The fourth-order valence-electron chi connectivity index (χ4n) is 3.80. The summed E-state index contributed by atoms with van der Waals surface area (Å²) in [7, 11) is 2.04. The van der Waals surface area contributed by atoms with Crippen LogP contribution in [0.5, 0.6) is 0 Å². The van der Waals surface area contributed by atoms with Gasteiger partial charge in [0.05, 0.1) is 0 Å². The van der Waals surface area contributed by atoms with Crippen LogP contribution in [0.15, 0.2) is 18.2 Å². The van der Waals surface area contributed by atoms with Gasteiger partial charge in [-0.15, -0.1) is 0 Å². The molecule has 1 atom stereocenters. The average Bonchev–Trinajstić information content (AvgIpc) is 3.09. The molecule has 0 spiro atoms. The summed E-state index contributed by atoms with van der Waals surface area (Å²) >= 11 is 0. The molecule has 3 rings (SSSR count). The summed E-state index contributed by atoms with van der Waals surface area (Å²) in [5.41, 5.74) is 4.56. The molecule has 2 heteroatoms. The summed E-state index contributed by atoms with van der Waals surface area (Å²) in [5.74, 6) is 0.949. The van der Waals surface area contributed by atoms with E-state index in [1.54, 1.807) is 5.56 Å². The fraction of sp³-hybridized carbons (Fsp3) is 0.667. The van der Waals surface area contributed by atoms with E-state index in [4.69, 9.17) is 0 Å². The van der Waals surface area contributed by atoms with Gasteiger partial charge in [0.15, 0.2) is 0 Å². The molecule has 1 N–H and O–H groups in total. The Hall–Kier alpha value is -1.02. The van der Waals surface area contributed by atoms with Gasteiger partial charge in [-0.2, -0.15) is 0 Å². The van der Waals surface area contributed by atoms with Gasteiger partial charge in [0.25, 0.3) is 0 Å². The zero-order valence-corrected chi connectivity index (χ0v) is 13.0. The summed E-state index contributed by atoms with van der Waals surface area (Å²) in [6.45, 7) is 4.77. The predicted molar refractivity (Wildman–Crippen MR) is 86.5 cm³/mol. The topological polar surface area (TPSA) is 15.3 Å². The second-order valence-corrected chi connectivity index (χ2v) is 6.70. The maximum atomic E-state index is 3.33. The largest absolute Gasteiger partial charge is 0.371 e. The molecule has 0 bridgehead atoms. The molecule has 1 aromatic rings. The first-order valence-corrected chi connectivity index (χ1v) is 8.30. The van der Waals surface area contributed by atoms with Crippen molar-refractivity contribution in [3.63, 3.8) is 0 Å². The summed E-state index contributed by atoms with van der Waals surface area (Å²) < 4.78 is 0. The van der Waals surface area contributed by atoms with E-state index in [0.29, 0.717) is 6.04 Å². The van der Waals surface area contributed by atoms with Gasteiger partial charge in [-0.3, -0.25) is 0 Å². The van der Waals surface area contributed by atoms with Crippen LogP contribution in [0.1, 0.15) is 43.7 Å². The SMILES string of the molecule is CNC(C)Cc1ccc2c(c1)CCN2CC1CCCC1. The highest BCUT2D eigenvalue weighted by molar-refractivity contribution is 5.59. The molecule has 1 saturated carbocycles. The molecular weight excluding hydrogens is 244 g/mol. The van der Waals surface area contributed by atoms with Gasteiger partial charge in [0.1, 0.15) is 0 Å². The van der Waals surface area contributed by atoms with Crippen LogP contribution in [0.2, 0.25) is 0 Å². The minimum atomic E-state index is 0.559. The van der Waals surface area contributed by atoms with Gasteiger partial charge in [-0.25, -0.2) is 0 Å². The normalized spacial score (nSPS) is 20.4. The molecule has 1 aromatic carbocycles. The Balaban J connectivity index is 1.67. The number of anilines is 1. The second kappa shape index (κ2) is 6.17. The van der Waals surface area contributed by atoms with Crippen LogP contribution in [0.25, 0.3) is 0 Å². The Labute approximate surface area is 123 Å². The highest BCUT2D eigenvalue weighted by Gasteiger charge is 2.24. The van der Waals surface area contributed by atoms with Gasteiger partial charge in [-0.05, 0) is 62.8 Å². The average molecular weight is 272 g/mol. The third kappa shape index (κ3) is 3.01. The molecule has 0 saturated heterocycles. The van der Waals surface area contributed by atoms with Crippen molar-refractivity contribution in [2.45, 2.75) is 51.5 Å². The highest BCUT2D eigenvalue weighted by atomic mass is 15.1. The Morgan fingerprint density at radius 1 is 1.30 bits per heavy atom. The van der Waals surface area contributed by atoms with Crippen molar-refractivity contribution in [1.29, 1.82) is 0 Å². The number of nitrogens with zero attached hydrogens (tertiary/aromatic N) is 1. The fourth-order valence-corrected chi connectivity index (χ4v) is 3.80. The quantitative estimate of drug-likeness (QED) is 0.884. The number of hydrogen-bond acceptors (Lipinski definition) is 2. The van der Waals surface area contributed by atoms with Crippen LogP contribution in [0, 0.1) is 5.92 Å². The molecule has 0 aromatic heterocycles. The lowest BCUT2D eigenvalue weighted by atomic mass is 10.0. The number of fused-ring (bicyclic) bond motifs is 1. The number of likely N-dealkylation sites (N-methyl/N-ethyl adjacent to an activating group) is 1. The van der Waals surface area contributed by atoms with Crippen molar-refractivity contribution in [2.24, 2.45) is 5.92 Å². The highest BCUT2D eigenvalue weighted by Crippen LogP contribution is 2.33. The molecule has 20 heavy (non-hydrogen) atoms. The van der Waals surface area contributed by atoms with Gasteiger partial charge in [-0.1, -0.05) is 25.0 Å².